The van der Waals surface area contributed by atoms with Crippen LogP contribution in [0.25, 0.3) is 11.3 Å². The summed E-state index contributed by atoms with van der Waals surface area (Å²) in [5.41, 5.74) is 4.69. The van der Waals surface area contributed by atoms with Crippen molar-refractivity contribution in [2.45, 2.75) is 6.42 Å². The lowest BCUT2D eigenvalue weighted by atomic mass is 10.0. The van der Waals surface area contributed by atoms with Crippen molar-refractivity contribution in [2.24, 2.45) is 0 Å². The Bertz CT molecular complexity index is 1240. The normalized spacial score (nSPS) is 17.9. The fraction of sp³-hybridized carbons (Fsp3) is 0.429. The molecule has 10 heteroatoms. The molecule has 0 aliphatic carbocycles. The van der Waals surface area contributed by atoms with Gasteiger partial charge in [-0.1, -0.05) is 12.1 Å². The monoisotopic (exact) mass is 515 g/mol. The standard InChI is InChI=1S/C28H33N7O3/c36-27(30-9-11-33-12-16-37-17-13-33)22-5-3-21(4-6-22)25-24-7-10-35(23-2-1-8-29-20-23)26(24)32-28(31-25)34-14-18-38-19-15-34/h1-6,8,20H,7,9-19H2,(H,30,36). The van der Waals surface area contributed by atoms with Gasteiger partial charge in [0.1, 0.15) is 5.82 Å². The number of anilines is 3. The van der Waals surface area contributed by atoms with E-state index in [0.717, 1.165) is 87.2 Å². The molecule has 2 saturated heterocycles. The Balaban J connectivity index is 1.24. The van der Waals surface area contributed by atoms with Crippen LogP contribution in [0.3, 0.4) is 0 Å². The Morgan fingerprint density at radius 2 is 1.68 bits per heavy atom. The molecular weight excluding hydrogens is 482 g/mol. The number of nitrogens with zero attached hydrogens (tertiary/aromatic N) is 6. The fourth-order valence-electron chi connectivity index (χ4n) is 5.19. The predicted molar refractivity (Wildman–Crippen MR) is 145 cm³/mol. The number of hydrogen-bond donors (Lipinski definition) is 1. The minimum absolute atomic E-state index is 0.0607. The lowest BCUT2D eigenvalue weighted by Crippen LogP contribution is -2.41. The van der Waals surface area contributed by atoms with Crippen LogP contribution in [0, 0.1) is 0 Å². The Kier molecular flexibility index (Phi) is 7.43. The van der Waals surface area contributed by atoms with Crippen LogP contribution in [-0.2, 0) is 15.9 Å². The highest BCUT2D eigenvalue weighted by atomic mass is 16.5. The first-order chi connectivity index (χ1) is 18.8. The van der Waals surface area contributed by atoms with Gasteiger partial charge in [0.15, 0.2) is 0 Å². The van der Waals surface area contributed by atoms with Gasteiger partial charge >= 0.3 is 0 Å². The maximum atomic E-state index is 12.8. The van der Waals surface area contributed by atoms with Crippen LogP contribution in [-0.4, -0.2) is 98.0 Å². The molecule has 0 unspecified atom stereocenters. The summed E-state index contributed by atoms with van der Waals surface area (Å²) in [5.74, 6) is 1.58. The summed E-state index contributed by atoms with van der Waals surface area (Å²) >= 11 is 0. The van der Waals surface area contributed by atoms with Crippen LogP contribution in [0.1, 0.15) is 15.9 Å². The molecule has 10 nitrogen and oxygen atoms in total. The van der Waals surface area contributed by atoms with Crippen molar-refractivity contribution in [3.8, 4) is 11.3 Å². The summed E-state index contributed by atoms with van der Waals surface area (Å²) in [6.07, 6.45) is 4.50. The summed E-state index contributed by atoms with van der Waals surface area (Å²) in [6, 6.07) is 11.8. The van der Waals surface area contributed by atoms with Crippen LogP contribution in [0.2, 0.25) is 0 Å². The quantitative estimate of drug-likeness (QED) is 0.508. The van der Waals surface area contributed by atoms with Gasteiger partial charge in [-0.15, -0.1) is 0 Å². The molecule has 6 rings (SSSR count). The van der Waals surface area contributed by atoms with Gasteiger partial charge in [-0.3, -0.25) is 14.7 Å². The average Bonchev–Trinajstić information content (AvgIpc) is 3.42. The molecule has 38 heavy (non-hydrogen) atoms. The lowest BCUT2D eigenvalue weighted by molar-refractivity contribution is 0.0383. The zero-order valence-corrected chi connectivity index (χ0v) is 21.5. The number of pyridine rings is 1. The molecule has 198 valence electrons. The first-order valence-electron chi connectivity index (χ1n) is 13.4. The van der Waals surface area contributed by atoms with Crippen molar-refractivity contribution in [2.75, 3.05) is 82.0 Å². The zero-order chi connectivity index (χ0) is 25.7. The van der Waals surface area contributed by atoms with Gasteiger partial charge in [-0.2, -0.15) is 4.98 Å². The second-order valence-corrected chi connectivity index (χ2v) is 9.67. The molecule has 2 aromatic heterocycles. The molecule has 0 atom stereocenters. The molecule has 1 N–H and O–H groups in total. The molecular formula is C28H33N7O3. The van der Waals surface area contributed by atoms with E-state index < -0.39 is 0 Å². The highest BCUT2D eigenvalue weighted by Crippen LogP contribution is 2.39. The molecule has 0 spiro atoms. The molecule has 3 aliphatic rings. The van der Waals surface area contributed by atoms with E-state index in [1.165, 1.54) is 0 Å². The maximum Gasteiger partial charge on any atom is 0.251 e. The van der Waals surface area contributed by atoms with Gasteiger partial charge in [-0.05, 0) is 30.7 Å². The van der Waals surface area contributed by atoms with E-state index in [-0.39, 0.29) is 5.91 Å². The molecule has 1 amide bonds. The summed E-state index contributed by atoms with van der Waals surface area (Å²) in [5, 5.41) is 3.05. The minimum atomic E-state index is -0.0607. The molecule has 0 saturated carbocycles. The van der Waals surface area contributed by atoms with E-state index in [0.29, 0.717) is 31.3 Å². The minimum Gasteiger partial charge on any atom is -0.379 e. The Morgan fingerprint density at radius 1 is 0.921 bits per heavy atom. The Hall–Kier alpha value is -3.60. The van der Waals surface area contributed by atoms with Crippen molar-refractivity contribution in [1.82, 2.24) is 25.2 Å². The summed E-state index contributed by atoms with van der Waals surface area (Å²) in [7, 11) is 0. The zero-order valence-electron chi connectivity index (χ0n) is 21.5. The number of ether oxygens (including phenoxy) is 2. The van der Waals surface area contributed by atoms with Gasteiger partial charge in [0.25, 0.3) is 5.91 Å². The molecule has 0 bridgehead atoms. The van der Waals surface area contributed by atoms with Crippen LogP contribution in [0.4, 0.5) is 17.5 Å². The summed E-state index contributed by atoms with van der Waals surface area (Å²) < 4.78 is 10.9. The molecule has 3 aromatic rings. The van der Waals surface area contributed by atoms with Crippen molar-refractivity contribution in [1.29, 1.82) is 0 Å². The van der Waals surface area contributed by atoms with Crippen molar-refractivity contribution in [3.05, 3.63) is 59.9 Å². The van der Waals surface area contributed by atoms with Gasteiger partial charge in [0, 0.05) is 68.7 Å². The largest absolute Gasteiger partial charge is 0.379 e. The van der Waals surface area contributed by atoms with Crippen LogP contribution < -0.4 is 15.1 Å². The molecule has 3 aliphatic heterocycles. The number of rotatable bonds is 7. The predicted octanol–water partition coefficient (Wildman–Crippen LogP) is 2.13. The van der Waals surface area contributed by atoms with E-state index in [4.69, 9.17) is 19.4 Å². The number of benzene rings is 1. The summed E-state index contributed by atoms with van der Waals surface area (Å²) in [6.45, 7) is 8.46. The van der Waals surface area contributed by atoms with Gasteiger partial charge < -0.3 is 24.6 Å². The molecule has 0 radical (unpaired) electrons. The highest BCUT2D eigenvalue weighted by Gasteiger charge is 2.29. The van der Waals surface area contributed by atoms with E-state index in [1.807, 2.05) is 36.5 Å². The van der Waals surface area contributed by atoms with E-state index >= 15 is 0 Å². The summed E-state index contributed by atoms with van der Waals surface area (Å²) in [4.78, 5) is 33.9. The van der Waals surface area contributed by atoms with Crippen molar-refractivity contribution >= 4 is 23.4 Å². The number of morpholine rings is 2. The van der Waals surface area contributed by atoms with Crippen molar-refractivity contribution < 1.29 is 14.3 Å². The number of amides is 1. The topological polar surface area (TPSA) is 96.0 Å². The Morgan fingerprint density at radius 3 is 2.42 bits per heavy atom. The van der Waals surface area contributed by atoms with Gasteiger partial charge in [0.05, 0.1) is 44.0 Å². The number of carbonyl (C=O) groups is 1. The van der Waals surface area contributed by atoms with Gasteiger partial charge in [-0.25, -0.2) is 4.98 Å². The molecule has 5 heterocycles. The SMILES string of the molecule is O=C(NCCN1CCOCC1)c1ccc(-c2nc(N3CCOCC3)nc3c2CCN3c2cccnc2)cc1. The first-order valence-corrected chi connectivity index (χ1v) is 13.4. The van der Waals surface area contributed by atoms with Crippen LogP contribution in [0.5, 0.6) is 0 Å². The number of aromatic nitrogens is 3. The third-order valence-electron chi connectivity index (χ3n) is 7.30. The third-order valence-corrected chi connectivity index (χ3v) is 7.30. The maximum absolute atomic E-state index is 12.8. The van der Waals surface area contributed by atoms with Gasteiger partial charge in [0.2, 0.25) is 5.95 Å². The van der Waals surface area contributed by atoms with Crippen molar-refractivity contribution in [3.63, 3.8) is 0 Å². The number of fused-ring (bicyclic) bond motifs is 1. The Labute approximate surface area is 222 Å². The fourth-order valence-corrected chi connectivity index (χ4v) is 5.19. The van der Waals surface area contributed by atoms with Crippen LogP contribution >= 0.6 is 0 Å². The highest BCUT2D eigenvalue weighted by molar-refractivity contribution is 5.94. The second-order valence-electron chi connectivity index (χ2n) is 9.67. The average molecular weight is 516 g/mol. The van der Waals surface area contributed by atoms with Crippen LogP contribution in [0.15, 0.2) is 48.8 Å². The van der Waals surface area contributed by atoms with E-state index in [2.05, 4.69) is 31.1 Å². The van der Waals surface area contributed by atoms with E-state index in [9.17, 15) is 4.79 Å². The first kappa shape index (κ1) is 24.7. The lowest BCUT2D eigenvalue weighted by Gasteiger charge is -2.28. The number of hydrogen-bond acceptors (Lipinski definition) is 9. The number of carbonyl (C=O) groups excluding carboxylic acids is 1. The third kappa shape index (κ3) is 5.33. The van der Waals surface area contributed by atoms with E-state index in [1.54, 1.807) is 6.20 Å². The smallest absolute Gasteiger partial charge is 0.251 e. The molecule has 1 aromatic carbocycles. The number of nitrogens with one attached hydrogen (secondary N) is 1. The second kappa shape index (κ2) is 11.4. The molecule has 2 fully saturated rings.